The summed E-state index contributed by atoms with van der Waals surface area (Å²) in [6, 6.07) is 9.35. The highest BCUT2D eigenvalue weighted by Gasteiger charge is 2.51. The van der Waals surface area contributed by atoms with Crippen LogP contribution in [-0.2, 0) is 38.1 Å². The second kappa shape index (κ2) is 11.4. The molecule has 1 aliphatic heterocycles. The second-order valence-corrected chi connectivity index (χ2v) is 9.03. The summed E-state index contributed by atoms with van der Waals surface area (Å²) in [5.74, 6) is -1.74. The predicted molar refractivity (Wildman–Crippen MR) is 111 cm³/mol. The third-order valence-corrected chi connectivity index (χ3v) is 6.42. The molecule has 0 bridgehead atoms. The Balaban J connectivity index is 2.42. The van der Waals surface area contributed by atoms with Crippen LogP contribution in [-0.4, -0.2) is 58.6 Å². The topological polar surface area (TPSA) is 105 Å². The molecule has 0 unspecified atom stereocenters. The van der Waals surface area contributed by atoms with Crippen molar-refractivity contribution in [1.82, 2.24) is 0 Å². The smallest absolute Gasteiger partial charge is 0.303 e. The van der Waals surface area contributed by atoms with Gasteiger partial charge in [0.1, 0.15) is 18.1 Å². The molecule has 1 heterocycles. The molecule has 1 aromatic carbocycles. The minimum absolute atomic E-state index is 0.200. The second-order valence-electron chi connectivity index (χ2n) is 6.50. The fourth-order valence-corrected chi connectivity index (χ4v) is 5.22. The number of hydrogen-bond donors (Lipinski definition) is 0. The average molecular weight is 457 g/mol. The van der Waals surface area contributed by atoms with Gasteiger partial charge in [0.25, 0.3) is 0 Å². The summed E-state index contributed by atoms with van der Waals surface area (Å²) in [5, 5.41) is -0.867. The maximum absolute atomic E-state index is 11.9. The van der Waals surface area contributed by atoms with Crippen molar-refractivity contribution in [2.24, 2.45) is 0 Å². The third-order valence-electron chi connectivity index (χ3n) is 3.94. The molecule has 1 aromatic rings. The zero-order valence-corrected chi connectivity index (χ0v) is 18.7. The quantitative estimate of drug-likeness (QED) is 0.449. The van der Waals surface area contributed by atoms with Crippen LogP contribution in [0.4, 0.5) is 0 Å². The molecule has 1 saturated heterocycles. The number of benzene rings is 1. The Morgan fingerprint density at radius 2 is 1.50 bits per heavy atom. The molecular formula is C20H24O8S2. The van der Waals surface area contributed by atoms with Gasteiger partial charge in [-0.05, 0) is 12.1 Å². The Kier molecular flexibility index (Phi) is 9.19. The van der Waals surface area contributed by atoms with Crippen molar-refractivity contribution in [2.45, 2.75) is 61.6 Å². The van der Waals surface area contributed by atoms with Crippen molar-refractivity contribution in [3.05, 3.63) is 30.3 Å². The van der Waals surface area contributed by atoms with Crippen LogP contribution in [0, 0.1) is 0 Å². The molecule has 0 saturated carbocycles. The highest BCUT2D eigenvalue weighted by Crippen LogP contribution is 2.41. The Bertz CT molecular complexity index is 769. The van der Waals surface area contributed by atoms with Crippen molar-refractivity contribution in [1.29, 1.82) is 0 Å². The first-order valence-corrected chi connectivity index (χ1v) is 11.0. The first-order valence-electron chi connectivity index (χ1n) is 9.19. The molecule has 10 heteroatoms. The number of carbonyl (C=O) groups excluding carboxylic acids is 4. The van der Waals surface area contributed by atoms with E-state index in [0.29, 0.717) is 0 Å². The van der Waals surface area contributed by atoms with Crippen LogP contribution in [0.15, 0.2) is 35.2 Å². The molecule has 1 aliphatic rings. The molecule has 5 atom stereocenters. The first-order chi connectivity index (χ1) is 14.2. The van der Waals surface area contributed by atoms with Crippen LogP contribution in [0.2, 0.25) is 0 Å². The number of thioether (sulfide) groups is 2. The van der Waals surface area contributed by atoms with Crippen molar-refractivity contribution >= 4 is 46.5 Å². The molecule has 2 rings (SSSR count). The van der Waals surface area contributed by atoms with Crippen molar-refractivity contribution in [3.63, 3.8) is 0 Å². The summed E-state index contributed by atoms with van der Waals surface area (Å²) in [6.07, 6.45) is -2.90. The first kappa shape index (κ1) is 24.2. The van der Waals surface area contributed by atoms with Crippen LogP contribution in [0.3, 0.4) is 0 Å². The summed E-state index contributed by atoms with van der Waals surface area (Å²) in [6.45, 7) is 4.89. The number of ether oxygens (including phenoxy) is 4. The van der Waals surface area contributed by atoms with Gasteiger partial charge in [0.2, 0.25) is 0 Å². The molecule has 0 radical (unpaired) electrons. The van der Waals surface area contributed by atoms with Gasteiger partial charge in [-0.15, -0.1) is 0 Å². The number of carbonyl (C=O) groups is 4. The number of rotatable bonds is 7. The van der Waals surface area contributed by atoms with E-state index in [-0.39, 0.29) is 11.7 Å². The Labute approximate surface area is 183 Å². The average Bonchev–Trinajstić information content (AvgIpc) is 2.64. The highest BCUT2D eigenvalue weighted by molar-refractivity contribution is 8.15. The van der Waals surface area contributed by atoms with Gasteiger partial charge in [-0.25, -0.2) is 0 Å². The number of hydrogen-bond acceptors (Lipinski definition) is 10. The molecule has 0 N–H and O–H groups in total. The summed E-state index contributed by atoms with van der Waals surface area (Å²) in [7, 11) is 0. The van der Waals surface area contributed by atoms with Gasteiger partial charge in [0.05, 0.1) is 5.25 Å². The van der Waals surface area contributed by atoms with E-state index in [1.165, 1.54) is 39.5 Å². The van der Waals surface area contributed by atoms with E-state index in [1.807, 2.05) is 30.3 Å². The molecular weight excluding hydrogens is 432 g/mol. The lowest BCUT2D eigenvalue weighted by molar-refractivity contribution is -0.202. The number of esters is 3. The van der Waals surface area contributed by atoms with Gasteiger partial charge in [-0.3, -0.25) is 19.2 Å². The molecule has 1 fully saturated rings. The SMILES string of the molecule is CC(=O)OC[C@H]1O[C@H](Sc2ccccc2)[C@@H](SC(C)=O)[C@@H](OC(C)=O)[C@@H]1OC(C)=O. The Hall–Kier alpha value is -2.04. The van der Waals surface area contributed by atoms with Gasteiger partial charge in [0, 0.05) is 32.6 Å². The van der Waals surface area contributed by atoms with E-state index in [1.54, 1.807) is 0 Å². The normalized spacial score (nSPS) is 25.8. The van der Waals surface area contributed by atoms with Gasteiger partial charge < -0.3 is 18.9 Å². The lowest BCUT2D eigenvalue weighted by atomic mass is 10.0. The van der Waals surface area contributed by atoms with Gasteiger partial charge in [0.15, 0.2) is 17.3 Å². The lowest BCUT2D eigenvalue weighted by Gasteiger charge is -2.44. The van der Waals surface area contributed by atoms with Crippen LogP contribution in [0.5, 0.6) is 0 Å². The lowest BCUT2D eigenvalue weighted by Crippen LogP contribution is -2.59. The predicted octanol–water partition coefficient (Wildman–Crippen LogP) is 2.58. The monoisotopic (exact) mass is 456 g/mol. The van der Waals surface area contributed by atoms with E-state index in [9.17, 15) is 19.2 Å². The maximum atomic E-state index is 11.9. The molecule has 164 valence electrons. The van der Waals surface area contributed by atoms with E-state index >= 15 is 0 Å². The maximum Gasteiger partial charge on any atom is 0.303 e. The summed E-state index contributed by atoms with van der Waals surface area (Å²) >= 11 is 2.29. The van der Waals surface area contributed by atoms with Crippen LogP contribution < -0.4 is 0 Å². The standard InChI is InChI=1S/C20H24O8S2/c1-11(21)25-10-16-17(26-12(2)22)18(27-13(3)23)19(29-14(4)24)20(28-16)30-15-8-6-5-7-9-15/h5-9,16-20H,10H2,1-4H3/t16-,17-,18+,19+,20-/m1/s1. The van der Waals surface area contributed by atoms with Crippen molar-refractivity contribution in [3.8, 4) is 0 Å². The fourth-order valence-electron chi connectivity index (χ4n) is 2.92. The Morgan fingerprint density at radius 3 is 2.03 bits per heavy atom. The van der Waals surface area contributed by atoms with Crippen LogP contribution >= 0.6 is 23.5 Å². The zero-order chi connectivity index (χ0) is 22.3. The summed E-state index contributed by atoms with van der Waals surface area (Å²) < 4.78 is 22.1. The van der Waals surface area contributed by atoms with Crippen molar-refractivity contribution < 1.29 is 38.1 Å². The van der Waals surface area contributed by atoms with E-state index in [0.717, 1.165) is 16.7 Å². The molecule has 0 aliphatic carbocycles. The van der Waals surface area contributed by atoms with Gasteiger partial charge in [-0.2, -0.15) is 0 Å². The zero-order valence-electron chi connectivity index (χ0n) is 17.1. The van der Waals surface area contributed by atoms with Crippen LogP contribution in [0.1, 0.15) is 27.7 Å². The van der Waals surface area contributed by atoms with Crippen LogP contribution in [0.25, 0.3) is 0 Å². The molecule has 30 heavy (non-hydrogen) atoms. The van der Waals surface area contributed by atoms with E-state index < -0.39 is 46.9 Å². The molecule has 0 spiro atoms. The van der Waals surface area contributed by atoms with E-state index in [2.05, 4.69) is 0 Å². The minimum atomic E-state index is -1.05. The highest BCUT2D eigenvalue weighted by atomic mass is 32.2. The van der Waals surface area contributed by atoms with Crippen molar-refractivity contribution in [2.75, 3.05) is 6.61 Å². The molecule has 0 aromatic heterocycles. The minimum Gasteiger partial charge on any atom is -0.463 e. The largest absolute Gasteiger partial charge is 0.463 e. The fraction of sp³-hybridized carbons (Fsp3) is 0.500. The third kappa shape index (κ3) is 7.33. The summed E-state index contributed by atoms with van der Waals surface area (Å²) in [4.78, 5) is 47.7. The molecule has 0 amide bonds. The van der Waals surface area contributed by atoms with E-state index in [4.69, 9.17) is 18.9 Å². The molecule has 8 nitrogen and oxygen atoms in total. The van der Waals surface area contributed by atoms with Gasteiger partial charge >= 0.3 is 17.9 Å². The Morgan fingerprint density at radius 1 is 0.900 bits per heavy atom. The van der Waals surface area contributed by atoms with Gasteiger partial charge in [-0.1, -0.05) is 41.7 Å². The summed E-state index contributed by atoms with van der Waals surface area (Å²) in [5.41, 5.74) is -0.641.